The number of halogens is 1. The summed E-state index contributed by atoms with van der Waals surface area (Å²) in [5, 5.41) is 8.76. The molecule has 5 N–H and O–H groups in total. The van der Waals surface area contributed by atoms with Crippen LogP contribution in [0.2, 0.25) is 0 Å². The third kappa shape index (κ3) is 5.54. The van der Waals surface area contributed by atoms with Crippen LogP contribution in [0.3, 0.4) is 0 Å². The van der Waals surface area contributed by atoms with Crippen molar-refractivity contribution in [3.8, 4) is 0 Å². The predicted molar refractivity (Wildman–Crippen MR) is 74.3 cm³/mol. The number of guanidine groups is 1. The fraction of sp³-hybridized carbons (Fsp3) is 0.333. The van der Waals surface area contributed by atoms with E-state index in [0.29, 0.717) is 12.1 Å². The first-order valence-corrected chi connectivity index (χ1v) is 5.40. The van der Waals surface area contributed by atoms with Crippen LogP contribution in [0.5, 0.6) is 0 Å². The average Bonchev–Trinajstić information content (AvgIpc) is 2.26. The van der Waals surface area contributed by atoms with Gasteiger partial charge in [-0.3, -0.25) is 4.79 Å². The summed E-state index contributed by atoms with van der Waals surface area (Å²) in [6.45, 7) is 1.70. The maximum absolute atomic E-state index is 10.7. The second-order valence-corrected chi connectivity index (χ2v) is 3.98. The molecular formula is C12H18ClN3O2. The fourth-order valence-corrected chi connectivity index (χ4v) is 1.39. The van der Waals surface area contributed by atoms with Gasteiger partial charge in [0.1, 0.15) is 0 Å². The van der Waals surface area contributed by atoms with E-state index in [-0.39, 0.29) is 24.3 Å². The molecule has 6 heteroatoms. The summed E-state index contributed by atoms with van der Waals surface area (Å²) in [4.78, 5) is 14.6. The maximum Gasteiger partial charge on any atom is 0.306 e. The third-order valence-electron chi connectivity index (χ3n) is 2.48. The van der Waals surface area contributed by atoms with Crippen LogP contribution in [0.1, 0.15) is 18.9 Å². The number of hydrogen-bond donors (Lipinski definition) is 3. The number of nitrogens with two attached hydrogens (primary N) is 2. The van der Waals surface area contributed by atoms with Crippen molar-refractivity contribution in [1.29, 1.82) is 0 Å². The molecule has 1 rings (SSSR count). The van der Waals surface area contributed by atoms with Crippen molar-refractivity contribution in [2.75, 3.05) is 0 Å². The molecule has 0 saturated carbocycles. The minimum Gasteiger partial charge on any atom is -0.481 e. The molecule has 0 aliphatic carbocycles. The molecule has 0 fully saturated rings. The van der Waals surface area contributed by atoms with E-state index in [1.807, 2.05) is 12.1 Å². The zero-order valence-electron chi connectivity index (χ0n) is 10.2. The van der Waals surface area contributed by atoms with Crippen molar-refractivity contribution < 1.29 is 9.90 Å². The predicted octanol–water partition coefficient (Wildman–Crippen LogP) is 1.67. The highest BCUT2D eigenvalue weighted by molar-refractivity contribution is 5.85. The molecule has 1 aromatic carbocycles. The molecule has 0 aliphatic heterocycles. The van der Waals surface area contributed by atoms with E-state index < -0.39 is 5.97 Å². The summed E-state index contributed by atoms with van der Waals surface area (Å²) in [7, 11) is 0. The number of carboxylic acid groups (broad SMARTS) is 1. The van der Waals surface area contributed by atoms with E-state index in [0.717, 1.165) is 12.0 Å². The number of hydrogen-bond acceptors (Lipinski definition) is 2. The summed E-state index contributed by atoms with van der Waals surface area (Å²) in [6, 6.07) is 7.41. The second-order valence-electron chi connectivity index (χ2n) is 3.98. The Labute approximate surface area is 112 Å². The number of nitrogens with zero attached hydrogens (tertiary/aromatic N) is 1. The van der Waals surface area contributed by atoms with Gasteiger partial charge in [0.05, 0.1) is 11.6 Å². The highest BCUT2D eigenvalue weighted by Crippen LogP contribution is 2.15. The Hall–Kier alpha value is -1.75. The summed E-state index contributed by atoms with van der Waals surface area (Å²) in [5.41, 5.74) is 12.3. The SMILES string of the molecule is CC(CCc1ccc(N=C(N)N)cc1)C(=O)O.Cl. The van der Waals surface area contributed by atoms with Gasteiger partial charge in [0.15, 0.2) is 5.96 Å². The number of aryl methyl sites for hydroxylation is 1. The van der Waals surface area contributed by atoms with Crippen molar-refractivity contribution in [2.45, 2.75) is 19.8 Å². The van der Waals surface area contributed by atoms with Crippen molar-refractivity contribution in [3.05, 3.63) is 29.8 Å². The van der Waals surface area contributed by atoms with Crippen LogP contribution in [0.4, 0.5) is 5.69 Å². The number of carboxylic acids is 1. The lowest BCUT2D eigenvalue weighted by Gasteiger charge is -2.06. The number of aliphatic carboxylic acids is 1. The summed E-state index contributed by atoms with van der Waals surface area (Å²) >= 11 is 0. The molecule has 18 heavy (non-hydrogen) atoms. The van der Waals surface area contributed by atoms with Gasteiger partial charge in [-0.15, -0.1) is 12.4 Å². The van der Waals surface area contributed by atoms with Gasteiger partial charge in [-0.2, -0.15) is 0 Å². The Morgan fingerprint density at radius 3 is 2.33 bits per heavy atom. The molecule has 0 aromatic heterocycles. The molecule has 0 radical (unpaired) electrons. The molecule has 0 saturated heterocycles. The van der Waals surface area contributed by atoms with Crippen LogP contribution in [0.15, 0.2) is 29.3 Å². The van der Waals surface area contributed by atoms with E-state index in [4.69, 9.17) is 16.6 Å². The van der Waals surface area contributed by atoms with Crippen LogP contribution >= 0.6 is 12.4 Å². The van der Waals surface area contributed by atoms with E-state index in [2.05, 4.69) is 4.99 Å². The van der Waals surface area contributed by atoms with Gasteiger partial charge in [0, 0.05) is 0 Å². The lowest BCUT2D eigenvalue weighted by atomic mass is 10.0. The Morgan fingerprint density at radius 2 is 1.89 bits per heavy atom. The zero-order chi connectivity index (χ0) is 12.8. The van der Waals surface area contributed by atoms with Crippen LogP contribution < -0.4 is 11.5 Å². The van der Waals surface area contributed by atoms with E-state index >= 15 is 0 Å². The van der Waals surface area contributed by atoms with Gasteiger partial charge < -0.3 is 16.6 Å². The smallest absolute Gasteiger partial charge is 0.306 e. The molecule has 0 aliphatic rings. The molecule has 5 nitrogen and oxygen atoms in total. The van der Waals surface area contributed by atoms with E-state index in [9.17, 15) is 4.79 Å². The largest absolute Gasteiger partial charge is 0.481 e. The Bertz CT molecular complexity index is 414. The van der Waals surface area contributed by atoms with Crippen LogP contribution in [-0.2, 0) is 11.2 Å². The van der Waals surface area contributed by atoms with Gasteiger partial charge >= 0.3 is 5.97 Å². The number of rotatable bonds is 5. The molecule has 0 heterocycles. The summed E-state index contributed by atoms with van der Waals surface area (Å²) < 4.78 is 0. The van der Waals surface area contributed by atoms with Crippen LogP contribution in [-0.4, -0.2) is 17.0 Å². The first-order valence-electron chi connectivity index (χ1n) is 5.40. The van der Waals surface area contributed by atoms with Gasteiger partial charge in [0.2, 0.25) is 0 Å². The topological polar surface area (TPSA) is 102 Å². The van der Waals surface area contributed by atoms with Crippen LogP contribution in [0.25, 0.3) is 0 Å². The molecule has 1 unspecified atom stereocenters. The monoisotopic (exact) mass is 271 g/mol. The van der Waals surface area contributed by atoms with Gasteiger partial charge in [0.25, 0.3) is 0 Å². The molecule has 1 aromatic rings. The Morgan fingerprint density at radius 1 is 1.33 bits per heavy atom. The van der Waals surface area contributed by atoms with Crippen molar-refractivity contribution >= 4 is 30.0 Å². The number of carbonyl (C=O) groups is 1. The first kappa shape index (κ1) is 16.2. The third-order valence-corrected chi connectivity index (χ3v) is 2.48. The van der Waals surface area contributed by atoms with Gasteiger partial charge in [-0.25, -0.2) is 4.99 Å². The zero-order valence-corrected chi connectivity index (χ0v) is 11.0. The summed E-state index contributed by atoms with van der Waals surface area (Å²) in [5.74, 6) is -1.06. The van der Waals surface area contributed by atoms with Crippen molar-refractivity contribution in [3.63, 3.8) is 0 Å². The molecule has 100 valence electrons. The minimum absolute atomic E-state index is 0. The lowest BCUT2D eigenvalue weighted by molar-refractivity contribution is -0.141. The van der Waals surface area contributed by atoms with E-state index in [1.165, 1.54) is 0 Å². The standard InChI is InChI=1S/C12H17N3O2.ClH/c1-8(11(16)17)2-3-9-4-6-10(7-5-9)15-12(13)14;/h4-8H,2-3H2,1H3,(H,16,17)(H4,13,14,15);1H. The highest BCUT2D eigenvalue weighted by Gasteiger charge is 2.10. The quantitative estimate of drug-likeness (QED) is 0.560. The Balaban J connectivity index is 0.00000289. The fourth-order valence-electron chi connectivity index (χ4n) is 1.39. The van der Waals surface area contributed by atoms with Gasteiger partial charge in [-0.05, 0) is 30.5 Å². The minimum atomic E-state index is -0.762. The van der Waals surface area contributed by atoms with Crippen molar-refractivity contribution in [1.82, 2.24) is 0 Å². The lowest BCUT2D eigenvalue weighted by Crippen LogP contribution is -2.21. The molecule has 1 atom stereocenters. The van der Waals surface area contributed by atoms with Crippen molar-refractivity contribution in [2.24, 2.45) is 22.4 Å². The maximum atomic E-state index is 10.7. The van der Waals surface area contributed by atoms with E-state index in [1.54, 1.807) is 19.1 Å². The molecule has 0 bridgehead atoms. The van der Waals surface area contributed by atoms with Crippen LogP contribution in [0, 0.1) is 5.92 Å². The Kier molecular flexibility index (Phi) is 6.82. The molecule has 0 amide bonds. The highest BCUT2D eigenvalue weighted by atomic mass is 35.5. The normalized spacial score (nSPS) is 11.2. The number of benzene rings is 1. The molecule has 0 spiro atoms. The molecular weight excluding hydrogens is 254 g/mol. The first-order chi connectivity index (χ1) is 7.99. The number of aliphatic imine (C=N–C) groups is 1. The second kappa shape index (κ2) is 7.55. The van der Waals surface area contributed by atoms with Gasteiger partial charge in [-0.1, -0.05) is 19.1 Å². The summed E-state index contributed by atoms with van der Waals surface area (Å²) in [6.07, 6.45) is 1.35. The average molecular weight is 272 g/mol.